The molecule has 0 saturated carbocycles. The standard InChI is InChI=1S/C24H27N5O5S2/c1-16-22(23(31)27-36(4,32)33)26-24(35-16)29(19-9-5-17(13-25)6-10-19)14-18-7-11-20(12-8-18)34-15-21(30)28(2)3/h5-12,23,27,31H,14-15H2,1-4H3. The van der Waals surface area contributed by atoms with Gasteiger partial charge in [-0.25, -0.2) is 13.4 Å². The van der Waals surface area contributed by atoms with Gasteiger partial charge in [0.1, 0.15) is 11.4 Å². The van der Waals surface area contributed by atoms with Crippen LogP contribution in [0.15, 0.2) is 48.5 Å². The number of ether oxygens (including phenoxy) is 1. The second-order valence-electron chi connectivity index (χ2n) is 8.20. The minimum atomic E-state index is -3.64. The van der Waals surface area contributed by atoms with Crippen molar-refractivity contribution in [3.05, 3.63) is 70.2 Å². The Bertz CT molecular complexity index is 1350. The van der Waals surface area contributed by atoms with Crippen molar-refractivity contribution in [2.75, 3.05) is 31.9 Å². The van der Waals surface area contributed by atoms with E-state index < -0.39 is 16.3 Å². The van der Waals surface area contributed by atoms with E-state index in [1.165, 1.54) is 16.2 Å². The lowest BCUT2D eigenvalue weighted by Crippen LogP contribution is -2.28. The maximum atomic E-state index is 11.8. The smallest absolute Gasteiger partial charge is 0.259 e. The summed E-state index contributed by atoms with van der Waals surface area (Å²) in [4.78, 5) is 20.3. The van der Waals surface area contributed by atoms with E-state index in [0.717, 1.165) is 17.5 Å². The van der Waals surface area contributed by atoms with Gasteiger partial charge in [0.05, 0.1) is 24.4 Å². The number of carbonyl (C=O) groups is 1. The van der Waals surface area contributed by atoms with Crippen LogP contribution in [-0.2, 0) is 21.4 Å². The fourth-order valence-corrected chi connectivity index (χ4v) is 4.63. The first-order chi connectivity index (χ1) is 17.0. The molecule has 3 rings (SSSR count). The highest BCUT2D eigenvalue weighted by molar-refractivity contribution is 7.88. The van der Waals surface area contributed by atoms with Crippen molar-refractivity contribution < 1.29 is 23.1 Å². The molecule has 3 aromatic rings. The summed E-state index contributed by atoms with van der Waals surface area (Å²) < 4.78 is 30.8. The van der Waals surface area contributed by atoms with Crippen LogP contribution in [0.5, 0.6) is 5.75 Å². The van der Waals surface area contributed by atoms with Gasteiger partial charge in [0.2, 0.25) is 10.0 Å². The number of aryl methyl sites for hydroxylation is 1. The van der Waals surface area contributed by atoms with Crippen molar-refractivity contribution in [2.45, 2.75) is 19.7 Å². The fraction of sp³-hybridized carbons (Fsp3) is 0.292. The first-order valence-electron chi connectivity index (χ1n) is 10.8. The SMILES string of the molecule is Cc1sc(N(Cc2ccc(OCC(=O)N(C)C)cc2)c2ccc(C#N)cc2)nc1C(O)NS(C)(=O)=O. The highest BCUT2D eigenvalue weighted by Crippen LogP contribution is 2.35. The number of amides is 1. The minimum Gasteiger partial charge on any atom is -0.484 e. The van der Waals surface area contributed by atoms with E-state index in [0.29, 0.717) is 27.9 Å². The first kappa shape index (κ1) is 27.1. The Morgan fingerprint density at radius 3 is 2.39 bits per heavy atom. The molecule has 2 N–H and O–H groups in total. The summed E-state index contributed by atoms with van der Waals surface area (Å²) in [5, 5.41) is 20.1. The molecule has 0 saturated heterocycles. The Kier molecular flexibility index (Phi) is 8.65. The van der Waals surface area contributed by atoms with E-state index in [1.807, 2.05) is 17.0 Å². The second kappa shape index (κ2) is 11.5. The molecule has 0 fully saturated rings. The summed E-state index contributed by atoms with van der Waals surface area (Å²) in [6, 6.07) is 16.4. The maximum Gasteiger partial charge on any atom is 0.259 e. The van der Waals surface area contributed by atoms with Crippen molar-refractivity contribution in [1.29, 1.82) is 5.26 Å². The van der Waals surface area contributed by atoms with Gasteiger partial charge in [0.25, 0.3) is 5.91 Å². The Hall–Kier alpha value is -3.50. The average Bonchev–Trinajstić information content (AvgIpc) is 3.22. The molecule has 1 unspecified atom stereocenters. The number of aliphatic hydroxyl groups excluding tert-OH is 1. The normalized spacial score (nSPS) is 12.0. The van der Waals surface area contributed by atoms with Crippen molar-refractivity contribution in [1.82, 2.24) is 14.6 Å². The summed E-state index contributed by atoms with van der Waals surface area (Å²) >= 11 is 1.31. The summed E-state index contributed by atoms with van der Waals surface area (Å²) in [5.41, 5.74) is 2.40. The van der Waals surface area contributed by atoms with Gasteiger partial charge in [-0.15, -0.1) is 11.3 Å². The third kappa shape index (κ3) is 7.25. The first-order valence-corrected chi connectivity index (χ1v) is 13.5. The van der Waals surface area contributed by atoms with Gasteiger partial charge in [-0.1, -0.05) is 12.1 Å². The fourth-order valence-electron chi connectivity index (χ4n) is 3.15. The number of aromatic nitrogens is 1. The average molecular weight is 530 g/mol. The van der Waals surface area contributed by atoms with Crippen LogP contribution in [0.25, 0.3) is 0 Å². The number of nitriles is 1. The van der Waals surface area contributed by atoms with E-state index in [-0.39, 0.29) is 18.2 Å². The highest BCUT2D eigenvalue weighted by Gasteiger charge is 2.23. The number of thiazole rings is 1. The van der Waals surface area contributed by atoms with Gasteiger partial charge in [-0.05, 0) is 48.9 Å². The number of sulfonamides is 1. The van der Waals surface area contributed by atoms with Crippen molar-refractivity contribution in [3.8, 4) is 11.8 Å². The lowest BCUT2D eigenvalue weighted by molar-refractivity contribution is -0.130. The highest BCUT2D eigenvalue weighted by atomic mass is 32.2. The van der Waals surface area contributed by atoms with Gasteiger partial charge in [-0.2, -0.15) is 9.98 Å². The zero-order valence-corrected chi connectivity index (χ0v) is 21.9. The van der Waals surface area contributed by atoms with Gasteiger partial charge in [0, 0.05) is 24.7 Å². The number of benzene rings is 2. The number of hydrogen-bond acceptors (Lipinski definition) is 9. The molecule has 0 aliphatic rings. The van der Waals surface area contributed by atoms with E-state index in [2.05, 4.69) is 15.8 Å². The van der Waals surface area contributed by atoms with Crippen LogP contribution in [0.2, 0.25) is 0 Å². The largest absolute Gasteiger partial charge is 0.484 e. The summed E-state index contributed by atoms with van der Waals surface area (Å²) in [7, 11) is -0.320. The maximum absolute atomic E-state index is 11.8. The summed E-state index contributed by atoms with van der Waals surface area (Å²) in [6.07, 6.45) is -0.514. The third-order valence-corrected chi connectivity index (χ3v) is 6.73. The van der Waals surface area contributed by atoms with Crippen molar-refractivity contribution in [3.63, 3.8) is 0 Å². The van der Waals surface area contributed by atoms with E-state index in [9.17, 15) is 18.3 Å². The predicted octanol–water partition coefficient (Wildman–Crippen LogP) is 2.67. The van der Waals surface area contributed by atoms with Crippen LogP contribution in [-0.4, -0.2) is 56.3 Å². The minimum absolute atomic E-state index is 0.0608. The van der Waals surface area contributed by atoms with Gasteiger partial charge >= 0.3 is 0 Å². The Labute approximate surface area is 214 Å². The van der Waals surface area contributed by atoms with E-state index in [1.54, 1.807) is 57.4 Å². The number of hydrogen-bond donors (Lipinski definition) is 2. The molecule has 0 radical (unpaired) electrons. The molecule has 2 aromatic carbocycles. The van der Waals surface area contributed by atoms with Crippen molar-refractivity contribution in [2.24, 2.45) is 0 Å². The number of rotatable bonds is 10. The Balaban J connectivity index is 1.88. The number of anilines is 2. The number of aliphatic hydroxyl groups is 1. The van der Waals surface area contributed by atoms with Gasteiger partial charge in [0.15, 0.2) is 18.0 Å². The summed E-state index contributed by atoms with van der Waals surface area (Å²) in [5.74, 6) is 0.412. The molecule has 0 aliphatic heterocycles. The van der Waals surface area contributed by atoms with Crippen LogP contribution >= 0.6 is 11.3 Å². The molecule has 1 amide bonds. The molecular formula is C24H27N5O5S2. The Morgan fingerprint density at radius 1 is 1.19 bits per heavy atom. The van der Waals surface area contributed by atoms with Crippen LogP contribution in [0.4, 0.5) is 10.8 Å². The zero-order valence-electron chi connectivity index (χ0n) is 20.3. The lowest BCUT2D eigenvalue weighted by Gasteiger charge is -2.22. The predicted molar refractivity (Wildman–Crippen MR) is 137 cm³/mol. The molecular weight excluding hydrogens is 502 g/mol. The summed E-state index contributed by atoms with van der Waals surface area (Å²) in [6.45, 7) is 2.08. The van der Waals surface area contributed by atoms with Crippen LogP contribution in [0.3, 0.4) is 0 Å². The number of nitrogens with zero attached hydrogens (tertiary/aromatic N) is 4. The topological polar surface area (TPSA) is 136 Å². The lowest BCUT2D eigenvalue weighted by atomic mass is 10.1. The quantitative estimate of drug-likeness (QED) is 0.383. The number of nitrogens with one attached hydrogen (secondary N) is 1. The molecule has 10 nitrogen and oxygen atoms in total. The number of carbonyl (C=O) groups excluding carboxylic acids is 1. The third-order valence-electron chi connectivity index (χ3n) is 5.07. The van der Waals surface area contributed by atoms with Crippen LogP contribution in [0, 0.1) is 18.3 Å². The molecule has 1 heterocycles. The molecule has 190 valence electrons. The molecule has 0 spiro atoms. The number of likely N-dealkylation sites (N-methyl/N-ethyl adjacent to an activating group) is 1. The van der Waals surface area contributed by atoms with Gasteiger partial charge in [-0.3, -0.25) is 4.79 Å². The molecule has 1 atom stereocenters. The molecule has 1 aromatic heterocycles. The molecule has 36 heavy (non-hydrogen) atoms. The molecule has 12 heteroatoms. The molecule has 0 aliphatic carbocycles. The van der Waals surface area contributed by atoms with Crippen LogP contribution in [0.1, 0.15) is 27.9 Å². The monoisotopic (exact) mass is 529 g/mol. The van der Waals surface area contributed by atoms with E-state index in [4.69, 9.17) is 10.00 Å². The second-order valence-corrected chi connectivity index (χ2v) is 11.2. The van der Waals surface area contributed by atoms with Crippen LogP contribution < -0.4 is 14.4 Å². The van der Waals surface area contributed by atoms with Crippen molar-refractivity contribution >= 4 is 38.1 Å². The zero-order chi connectivity index (χ0) is 26.5. The van der Waals surface area contributed by atoms with E-state index >= 15 is 0 Å². The molecule has 0 bridgehead atoms. The van der Waals surface area contributed by atoms with Gasteiger partial charge < -0.3 is 19.6 Å². The Morgan fingerprint density at radius 2 is 1.83 bits per heavy atom.